The van der Waals surface area contributed by atoms with E-state index in [2.05, 4.69) is 20.6 Å². The highest BCUT2D eigenvalue weighted by Crippen LogP contribution is 2.38. The molecule has 0 saturated carbocycles. The van der Waals surface area contributed by atoms with Crippen LogP contribution in [0.25, 0.3) is 22.2 Å². The van der Waals surface area contributed by atoms with E-state index in [9.17, 15) is 19.2 Å². The number of carbonyl (C=O) groups excluding carboxylic acids is 4. The number of amides is 4. The molecule has 190 valence electrons. The van der Waals surface area contributed by atoms with Gasteiger partial charge in [-0.15, -0.1) is 0 Å². The average Bonchev–Trinajstić information content (AvgIpc) is 3.30. The predicted octanol–water partition coefficient (Wildman–Crippen LogP) is 3.40. The number of nitrogens with one attached hydrogen (secondary N) is 2. The number of hydrogen-bond donors (Lipinski definition) is 2. The van der Waals surface area contributed by atoms with Crippen LogP contribution < -0.4 is 10.6 Å². The molecule has 2 N–H and O–H groups in total. The highest BCUT2D eigenvalue weighted by atomic mass is 16.2. The van der Waals surface area contributed by atoms with Crippen molar-refractivity contribution < 1.29 is 19.2 Å². The Kier molecular flexibility index (Phi) is 5.34. The van der Waals surface area contributed by atoms with Gasteiger partial charge < -0.3 is 9.88 Å². The van der Waals surface area contributed by atoms with Crippen LogP contribution in [0.2, 0.25) is 0 Å². The molecule has 6 rings (SSSR count). The number of piperidine rings is 1. The maximum atomic E-state index is 13.6. The number of nitrogens with zero attached hydrogens (tertiary/aromatic N) is 4. The van der Waals surface area contributed by atoms with Gasteiger partial charge in [-0.2, -0.15) is 0 Å². The van der Waals surface area contributed by atoms with Gasteiger partial charge in [0.15, 0.2) is 0 Å². The molecule has 1 unspecified atom stereocenters. The molecular weight excluding hydrogens is 484 g/mol. The van der Waals surface area contributed by atoms with Crippen LogP contribution in [-0.4, -0.2) is 49.1 Å². The molecule has 2 aromatic carbocycles. The smallest absolute Gasteiger partial charge is 0.264 e. The van der Waals surface area contributed by atoms with Crippen molar-refractivity contribution in [3.8, 4) is 11.1 Å². The first kappa shape index (κ1) is 23.5. The van der Waals surface area contributed by atoms with Crippen molar-refractivity contribution in [1.29, 1.82) is 0 Å². The highest BCUT2D eigenvalue weighted by molar-refractivity contribution is 6.25. The number of carbonyl (C=O) groups is 4. The van der Waals surface area contributed by atoms with Crippen LogP contribution in [0.5, 0.6) is 0 Å². The molecule has 2 aliphatic rings. The van der Waals surface area contributed by atoms with E-state index in [4.69, 9.17) is 0 Å². The quantitative estimate of drug-likeness (QED) is 0.405. The van der Waals surface area contributed by atoms with Crippen LogP contribution in [-0.2, 0) is 16.6 Å². The minimum Gasteiger partial charge on any atom is -0.354 e. The molecule has 2 aromatic heterocycles. The summed E-state index contributed by atoms with van der Waals surface area (Å²) in [6, 6.07) is 11.8. The Labute approximate surface area is 217 Å². The van der Waals surface area contributed by atoms with Crippen molar-refractivity contribution in [2.45, 2.75) is 32.7 Å². The first-order valence-corrected chi connectivity index (χ1v) is 12.2. The van der Waals surface area contributed by atoms with E-state index in [0.29, 0.717) is 11.4 Å². The third kappa shape index (κ3) is 3.64. The Morgan fingerprint density at radius 3 is 2.55 bits per heavy atom. The molecule has 1 saturated heterocycles. The summed E-state index contributed by atoms with van der Waals surface area (Å²) in [6.45, 7) is 3.85. The van der Waals surface area contributed by atoms with E-state index in [1.165, 1.54) is 0 Å². The summed E-state index contributed by atoms with van der Waals surface area (Å²) in [7, 11) is 1.96. The highest BCUT2D eigenvalue weighted by Gasteiger charge is 2.45. The number of anilines is 2. The second-order valence-corrected chi connectivity index (χ2v) is 9.59. The third-order valence-corrected chi connectivity index (χ3v) is 7.19. The van der Waals surface area contributed by atoms with E-state index >= 15 is 0 Å². The monoisotopic (exact) mass is 508 g/mol. The number of benzene rings is 2. The number of fused-ring (bicyclic) bond motifs is 2. The number of imidazole rings is 1. The Morgan fingerprint density at radius 2 is 1.79 bits per heavy atom. The van der Waals surface area contributed by atoms with Crippen molar-refractivity contribution in [1.82, 2.24) is 24.8 Å². The van der Waals surface area contributed by atoms with Crippen LogP contribution in [0.15, 0.2) is 48.7 Å². The Balaban J connectivity index is 1.45. The van der Waals surface area contributed by atoms with E-state index < -0.39 is 29.7 Å². The molecule has 10 nitrogen and oxygen atoms in total. The van der Waals surface area contributed by atoms with Crippen LogP contribution in [0.4, 0.5) is 11.4 Å². The molecule has 1 fully saturated rings. The van der Waals surface area contributed by atoms with Crippen LogP contribution in [0.1, 0.15) is 45.1 Å². The topological polar surface area (TPSA) is 126 Å². The zero-order valence-electron chi connectivity index (χ0n) is 21.0. The van der Waals surface area contributed by atoms with Gasteiger partial charge in [0.05, 0.1) is 27.8 Å². The zero-order chi connectivity index (χ0) is 26.7. The number of aromatic nitrogens is 3. The van der Waals surface area contributed by atoms with Gasteiger partial charge in [0.2, 0.25) is 11.8 Å². The van der Waals surface area contributed by atoms with Gasteiger partial charge in [-0.1, -0.05) is 6.07 Å². The van der Waals surface area contributed by atoms with Gasteiger partial charge in [0, 0.05) is 36.6 Å². The van der Waals surface area contributed by atoms with Crippen LogP contribution in [0, 0.1) is 13.8 Å². The first-order valence-electron chi connectivity index (χ1n) is 12.2. The summed E-state index contributed by atoms with van der Waals surface area (Å²) in [5, 5.41) is 5.61. The molecule has 2 aliphatic heterocycles. The molecule has 0 spiro atoms. The van der Waals surface area contributed by atoms with Gasteiger partial charge in [0.25, 0.3) is 11.8 Å². The summed E-state index contributed by atoms with van der Waals surface area (Å²) in [5.74, 6) is -1.32. The van der Waals surface area contributed by atoms with Gasteiger partial charge in [-0.3, -0.25) is 34.4 Å². The summed E-state index contributed by atoms with van der Waals surface area (Å²) >= 11 is 0. The number of rotatable bonds is 4. The van der Waals surface area contributed by atoms with Crippen molar-refractivity contribution in [3.05, 3.63) is 71.3 Å². The lowest BCUT2D eigenvalue weighted by atomic mass is 10.0. The van der Waals surface area contributed by atoms with Gasteiger partial charge in [-0.25, -0.2) is 4.98 Å². The molecule has 10 heteroatoms. The molecular formula is C28H24N6O4. The lowest BCUT2D eigenvalue weighted by Gasteiger charge is -2.27. The number of aryl methyl sites for hydroxylation is 3. The van der Waals surface area contributed by atoms with Crippen molar-refractivity contribution in [2.24, 2.45) is 7.05 Å². The Bertz CT molecular complexity index is 1710. The lowest BCUT2D eigenvalue weighted by Crippen LogP contribution is -2.54. The summed E-state index contributed by atoms with van der Waals surface area (Å²) < 4.78 is 2.01. The molecule has 0 aliphatic carbocycles. The Morgan fingerprint density at radius 1 is 0.974 bits per heavy atom. The summed E-state index contributed by atoms with van der Waals surface area (Å²) in [5.41, 5.74) is 5.94. The van der Waals surface area contributed by atoms with E-state index in [1.807, 2.05) is 49.7 Å². The SMILES string of the molecule is Cc1cc(-c2cc3c(cc2Nc2cccc4c2C(=O)N(C2CCC(=O)NC2=O)C4=O)nc(C)n3C)ccn1. The molecule has 1 atom stereocenters. The fourth-order valence-electron chi connectivity index (χ4n) is 5.18. The molecule has 0 radical (unpaired) electrons. The fraction of sp³-hybridized carbons (Fsp3) is 0.214. The molecule has 0 bridgehead atoms. The van der Waals surface area contributed by atoms with Crippen molar-refractivity contribution in [3.63, 3.8) is 0 Å². The minimum atomic E-state index is -1.03. The van der Waals surface area contributed by atoms with Gasteiger partial charge in [-0.05, 0) is 62.2 Å². The maximum absolute atomic E-state index is 13.6. The fourth-order valence-corrected chi connectivity index (χ4v) is 5.18. The minimum absolute atomic E-state index is 0.0626. The maximum Gasteiger partial charge on any atom is 0.264 e. The molecule has 4 aromatic rings. The standard InChI is InChI=1S/C28H24N6O4/c1-14-11-16(9-10-29-14)18-12-23-21(30-15(2)33(23)3)13-20(18)31-19-6-4-5-17-25(19)28(38)34(27(17)37)22-7-8-24(35)32-26(22)36/h4-6,9-13,22,31H,7-8H2,1-3H3,(H,32,35,36). The lowest BCUT2D eigenvalue weighted by molar-refractivity contribution is -0.136. The van der Waals surface area contributed by atoms with E-state index in [-0.39, 0.29) is 24.0 Å². The molecule has 4 amide bonds. The Hall–Kier alpha value is -4.86. The third-order valence-electron chi connectivity index (χ3n) is 7.19. The molecule has 38 heavy (non-hydrogen) atoms. The average molecular weight is 509 g/mol. The van der Waals surface area contributed by atoms with E-state index in [1.54, 1.807) is 24.4 Å². The largest absolute Gasteiger partial charge is 0.354 e. The van der Waals surface area contributed by atoms with Gasteiger partial charge >= 0.3 is 0 Å². The van der Waals surface area contributed by atoms with Crippen LogP contribution in [0.3, 0.4) is 0 Å². The molecule has 4 heterocycles. The number of imide groups is 2. The number of hydrogen-bond acceptors (Lipinski definition) is 7. The predicted molar refractivity (Wildman–Crippen MR) is 140 cm³/mol. The second kappa shape index (κ2) is 8.62. The van der Waals surface area contributed by atoms with Crippen molar-refractivity contribution in [2.75, 3.05) is 5.32 Å². The number of pyridine rings is 1. The first-order chi connectivity index (χ1) is 18.2. The van der Waals surface area contributed by atoms with Gasteiger partial charge in [0.1, 0.15) is 11.9 Å². The second-order valence-electron chi connectivity index (χ2n) is 9.59. The van der Waals surface area contributed by atoms with Crippen LogP contribution >= 0.6 is 0 Å². The van der Waals surface area contributed by atoms with Crippen molar-refractivity contribution >= 4 is 46.0 Å². The normalized spacial score (nSPS) is 17.2. The summed E-state index contributed by atoms with van der Waals surface area (Å²) in [6.07, 6.45) is 1.90. The zero-order valence-corrected chi connectivity index (χ0v) is 21.0. The van der Waals surface area contributed by atoms with E-state index in [0.717, 1.165) is 38.6 Å². The summed E-state index contributed by atoms with van der Waals surface area (Å²) in [4.78, 5) is 60.9.